The molecule has 1 heterocycles. The predicted molar refractivity (Wildman–Crippen MR) is 108 cm³/mol. The number of terminal acetylenes is 1. The van der Waals surface area contributed by atoms with Crippen molar-refractivity contribution in [3.63, 3.8) is 0 Å². The Hall–Kier alpha value is -2.44. The zero-order valence-corrected chi connectivity index (χ0v) is 18.2. The normalized spacial score (nSPS) is 19.2. The van der Waals surface area contributed by atoms with Crippen LogP contribution >= 0.6 is 11.6 Å². The van der Waals surface area contributed by atoms with Gasteiger partial charge in [0.1, 0.15) is 5.75 Å². The van der Waals surface area contributed by atoms with Gasteiger partial charge in [-0.25, -0.2) is 4.79 Å². The number of carbonyl (C=O) groups is 2. The zero-order chi connectivity index (χ0) is 23.8. The number of carbonyl (C=O) groups excluding carboxylic acids is 1. The summed E-state index contributed by atoms with van der Waals surface area (Å²) in [4.78, 5) is 26.3. The second-order valence-electron chi connectivity index (χ2n) is 8.62. The summed E-state index contributed by atoms with van der Waals surface area (Å²) in [5.41, 5.74) is -3.62. The van der Waals surface area contributed by atoms with Crippen LogP contribution < -0.4 is 9.64 Å². The number of rotatable bonds is 5. The van der Waals surface area contributed by atoms with Crippen molar-refractivity contribution < 1.29 is 37.3 Å². The maximum absolute atomic E-state index is 12.8. The molecular weight excluding hydrogens is 439 g/mol. The number of alkyl halides is 3. The molecule has 0 aliphatic carbocycles. The van der Waals surface area contributed by atoms with Crippen molar-refractivity contribution in [2.24, 2.45) is 0 Å². The van der Waals surface area contributed by atoms with Gasteiger partial charge in [-0.3, -0.25) is 9.69 Å². The molecule has 0 saturated carbocycles. The number of hydrogen-bond acceptors (Lipinski definition) is 4. The molecule has 1 amide bonds. The summed E-state index contributed by atoms with van der Waals surface area (Å²) in [6.45, 7) is 5.24. The average Bonchev–Trinajstić information content (AvgIpc) is 2.57. The highest BCUT2D eigenvalue weighted by Gasteiger charge is 2.58. The number of carboxylic acid groups (broad SMARTS) is 1. The van der Waals surface area contributed by atoms with Crippen molar-refractivity contribution in [2.45, 2.75) is 63.5 Å². The van der Waals surface area contributed by atoms with Crippen LogP contribution in [0.3, 0.4) is 0 Å². The lowest BCUT2D eigenvalue weighted by Crippen LogP contribution is -2.67. The van der Waals surface area contributed by atoms with Gasteiger partial charge < -0.3 is 14.6 Å². The molecule has 1 aliphatic rings. The summed E-state index contributed by atoms with van der Waals surface area (Å²) in [7, 11) is 0. The third-order valence-electron chi connectivity index (χ3n) is 4.71. The number of benzene rings is 1. The van der Waals surface area contributed by atoms with E-state index in [0.717, 1.165) is 17.0 Å². The van der Waals surface area contributed by atoms with E-state index in [1.807, 2.05) is 5.92 Å². The van der Waals surface area contributed by atoms with Crippen molar-refractivity contribution in [3.05, 3.63) is 23.2 Å². The van der Waals surface area contributed by atoms with Gasteiger partial charge in [0.2, 0.25) is 0 Å². The Morgan fingerprint density at radius 2 is 1.81 bits per heavy atom. The highest BCUT2D eigenvalue weighted by molar-refractivity contribution is 6.32. The molecule has 1 fully saturated rings. The van der Waals surface area contributed by atoms with Gasteiger partial charge in [-0.15, -0.1) is 6.42 Å². The number of aliphatic carboxylic acids is 1. The van der Waals surface area contributed by atoms with Crippen LogP contribution in [0.5, 0.6) is 5.75 Å². The lowest BCUT2D eigenvalue weighted by molar-refractivity contribution is -0.191. The van der Waals surface area contributed by atoms with E-state index in [9.17, 15) is 27.9 Å². The van der Waals surface area contributed by atoms with Crippen LogP contribution in [0, 0.1) is 12.3 Å². The standard InChI is InChI=1S/C21H23ClF3NO5/c1-6-16(27)26(13-7-8-15(14(22)9-13)30-12-21(23,24)25)20(17(28)29)10-18(2,3)31-19(4,5)11-20/h1,7-9H,10-12H2,2-5H3,(H,28,29). The van der Waals surface area contributed by atoms with Crippen LogP contribution in [0.4, 0.5) is 18.9 Å². The van der Waals surface area contributed by atoms with E-state index in [2.05, 4.69) is 4.74 Å². The molecule has 0 radical (unpaired) electrons. The van der Waals surface area contributed by atoms with Crippen molar-refractivity contribution in [1.82, 2.24) is 0 Å². The topological polar surface area (TPSA) is 76.1 Å². The lowest BCUT2D eigenvalue weighted by Gasteiger charge is -2.53. The van der Waals surface area contributed by atoms with Gasteiger partial charge in [-0.2, -0.15) is 13.2 Å². The third-order valence-corrected chi connectivity index (χ3v) is 5.00. The average molecular weight is 462 g/mol. The number of ether oxygens (including phenoxy) is 2. The number of carboxylic acids is 1. The minimum absolute atomic E-state index is 0.0169. The SMILES string of the molecule is C#CC(=O)N(c1ccc(OCC(F)(F)F)c(Cl)c1)C1(C(=O)O)CC(C)(C)OC(C)(C)C1. The smallest absolute Gasteiger partial charge is 0.422 e. The van der Waals surface area contributed by atoms with E-state index in [4.69, 9.17) is 22.8 Å². The molecule has 1 aliphatic heterocycles. The number of halogens is 4. The first-order valence-electron chi connectivity index (χ1n) is 9.25. The Labute approximate surface area is 183 Å². The van der Waals surface area contributed by atoms with Gasteiger partial charge in [0, 0.05) is 18.5 Å². The second kappa shape index (κ2) is 8.24. The van der Waals surface area contributed by atoms with Gasteiger partial charge >= 0.3 is 18.1 Å². The van der Waals surface area contributed by atoms with Crippen LogP contribution in [-0.4, -0.2) is 46.5 Å². The molecule has 0 aromatic heterocycles. The molecule has 1 aromatic rings. The highest BCUT2D eigenvalue weighted by Crippen LogP contribution is 2.46. The highest BCUT2D eigenvalue weighted by atomic mass is 35.5. The fourth-order valence-electron chi connectivity index (χ4n) is 4.22. The second-order valence-corrected chi connectivity index (χ2v) is 9.02. The summed E-state index contributed by atoms with van der Waals surface area (Å²) in [6, 6.07) is 3.53. The van der Waals surface area contributed by atoms with Crippen LogP contribution in [0.15, 0.2) is 18.2 Å². The van der Waals surface area contributed by atoms with E-state index in [0.29, 0.717) is 0 Å². The lowest BCUT2D eigenvalue weighted by atomic mass is 9.73. The molecule has 6 nitrogen and oxygen atoms in total. The minimum atomic E-state index is -4.57. The van der Waals surface area contributed by atoms with Crippen LogP contribution in [0.25, 0.3) is 0 Å². The first kappa shape index (κ1) is 24.8. The molecule has 10 heteroatoms. The Bertz CT molecular complexity index is 905. The number of nitrogens with zero attached hydrogens (tertiary/aromatic N) is 1. The Morgan fingerprint density at radius 1 is 1.26 bits per heavy atom. The predicted octanol–water partition coefficient (Wildman–Crippen LogP) is 4.44. The molecule has 170 valence electrons. The Kier molecular flexibility index (Phi) is 6.60. The summed E-state index contributed by atoms with van der Waals surface area (Å²) in [5.74, 6) is -0.568. The van der Waals surface area contributed by atoms with E-state index < -0.39 is 41.4 Å². The van der Waals surface area contributed by atoms with Crippen LogP contribution in [0.1, 0.15) is 40.5 Å². The fraction of sp³-hybridized carbons (Fsp3) is 0.524. The summed E-state index contributed by atoms with van der Waals surface area (Å²) in [6.07, 6.45) is 0.583. The Balaban J connectivity index is 2.59. The first-order valence-corrected chi connectivity index (χ1v) is 9.63. The quantitative estimate of drug-likeness (QED) is 0.656. The van der Waals surface area contributed by atoms with Gasteiger partial charge in [0.05, 0.1) is 16.2 Å². The number of hydrogen-bond donors (Lipinski definition) is 1. The van der Waals surface area contributed by atoms with E-state index in [-0.39, 0.29) is 29.3 Å². The molecular formula is C21H23ClF3NO5. The molecule has 31 heavy (non-hydrogen) atoms. The summed E-state index contributed by atoms with van der Waals surface area (Å²) >= 11 is 6.07. The zero-order valence-electron chi connectivity index (χ0n) is 17.5. The Morgan fingerprint density at radius 3 is 2.23 bits per heavy atom. The van der Waals surface area contributed by atoms with Gasteiger partial charge in [-0.1, -0.05) is 11.6 Å². The molecule has 1 aromatic carbocycles. The molecule has 2 rings (SSSR count). The number of anilines is 1. The maximum Gasteiger partial charge on any atom is 0.422 e. The van der Waals surface area contributed by atoms with Crippen molar-refractivity contribution in [3.8, 4) is 18.1 Å². The van der Waals surface area contributed by atoms with Crippen molar-refractivity contribution in [1.29, 1.82) is 0 Å². The fourth-order valence-corrected chi connectivity index (χ4v) is 4.45. The molecule has 0 bridgehead atoms. The van der Waals surface area contributed by atoms with E-state index >= 15 is 0 Å². The molecule has 1 saturated heterocycles. The molecule has 0 spiro atoms. The molecule has 0 atom stereocenters. The minimum Gasteiger partial charge on any atom is -0.483 e. The van der Waals surface area contributed by atoms with Crippen molar-refractivity contribution >= 4 is 29.2 Å². The monoisotopic (exact) mass is 461 g/mol. The molecule has 1 N–H and O–H groups in total. The van der Waals surface area contributed by atoms with E-state index in [1.54, 1.807) is 27.7 Å². The summed E-state index contributed by atoms with van der Waals surface area (Å²) in [5, 5.41) is 9.99. The van der Waals surface area contributed by atoms with Gasteiger partial charge in [0.25, 0.3) is 0 Å². The summed E-state index contributed by atoms with van der Waals surface area (Å²) < 4.78 is 48.0. The van der Waals surface area contributed by atoms with Crippen LogP contribution in [-0.2, 0) is 14.3 Å². The van der Waals surface area contributed by atoms with E-state index in [1.165, 1.54) is 6.07 Å². The van der Waals surface area contributed by atoms with Crippen molar-refractivity contribution in [2.75, 3.05) is 11.5 Å². The molecule has 0 unspecified atom stereocenters. The van der Waals surface area contributed by atoms with Gasteiger partial charge in [-0.05, 0) is 51.8 Å². The maximum atomic E-state index is 12.8. The largest absolute Gasteiger partial charge is 0.483 e. The number of amides is 1. The third kappa shape index (κ3) is 5.63. The van der Waals surface area contributed by atoms with Crippen LogP contribution in [0.2, 0.25) is 5.02 Å². The van der Waals surface area contributed by atoms with Gasteiger partial charge in [0.15, 0.2) is 12.1 Å². The first-order chi connectivity index (χ1) is 14.0.